The molecule has 0 bridgehead atoms. The largest absolute Gasteiger partial charge is 0.455 e. The first-order chi connectivity index (χ1) is 26.2. The van der Waals surface area contributed by atoms with E-state index in [-0.39, 0.29) is 12.0 Å². The van der Waals surface area contributed by atoms with Crippen molar-refractivity contribution >= 4 is 60.4 Å². The highest BCUT2D eigenvalue weighted by Gasteiger charge is 2.29. The molecule has 0 fully saturated rings. The molecule has 0 radical (unpaired) electrons. The van der Waals surface area contributed by atoms with E-state index in [9.17, 15) is 0 Å². The first kappa shape index (κ1) is 31.1. The quantitative estimate of drug-likeness (QED) is 0.163. The Bertz CT molecular complexity index is 2860. The molecule has 1 aliphatic rings. The molecule has 8 aromatic carbocycles. The van der Waals surface area contributed by atoms with E-state index in [4.69, 9.17) is 4.42 Å². The summed E-state index contributed by atoms with van der Waals surface area (Å²) in [7, 11) is 0. The summed E-state index contributed by atoms with van der Waals surface area (Å²) in [6, 6.07) is 63.6. The standard InChI is InChI=1S/C51H37NO/c1-34-41(35-13-3-2-4-14-35)20-12-25-49(34)52(40-17-9-16-38(33-40)44-22-11-24-48-47-19-7-8-26-50(47)53-51(44)48)39-30-27-37(28-31-39)43-21-10-23-45-42-18-6-5-15-36(42)29-32-46(43)45/h2-34,49H,1H3. The fourth-order valence-electron chi connectivity index (χ4n) is 8.46. The van der Waals surface area contributed by atoms with Gasteiger partial charge in [-0.15, -0.1) is 0 Å². The molecule has 0 N–H and O–H groups in total. The van der Waals surface area contributed by atoms with Gasteiger partial charge in [-0.1, -0.05) is 171 Å². The number of allylic oxidation sites excluding steroid dienone is 2. The van der Waals surface area contributed by atoms with Crippen molar-refractivity contribution in [3.8, 4) is 22.3 Å². The van der Waals surface area contributed by atoms with Crippen molar-refractivity contribution in [2.45, 2.75) is 13.0 Å². The van der Waals surface area contributed by atoms with Crippen LogP contribution in [0.4, 0.5) is 11.4 Å². The summed E-state index contributed by atoms with van der Waals surface area (Å²) in [5, 5.41) is 7.38. The topological polar surface area (TPSA) is 16.4 Å². The summed E-state index contributed by atoms with van der Waals surface area (Å²) < 4.78 is 6.50. The van der Waals surface area contributed by atoms with Crippen molar-refractivity contribution in [2.75, 3.05) is 4.90 Å². The first-order valence-corrected chi connectivity index (χ1v) is 18.5. The van der Waals surface area contributed by atoms with Gasteiger partial charge in [0.1, 0.15) is 11.2 Å². The highest BCUT2D eigenvalue weighted by Crippen LogP contribution is 2.42. The van der Waals surface area contributed by atoms with Crippen LogP contribution in [0.1, 0.15) is 12.5 Å². The van der Waals surface area contributed by atoms with Crippen LogP contribution in [0.15, 0.2) is 199 Å². The maximum Gasteiger partial charge on any atom is 0.143 e. The van der Waals surface area contributed by atoms with Crippen LogP contribution in [0, 0.1) is 5.92 Å². The van der Waals surface area contributed by atoms with E-state index >= 15 is 0 Å². The van der Waals surface area contributed by atoms with Crippen LogP contribution in [-0.4, -0.2) is 6.04 Å². The van der Waals surface area contributed by atoms with E-state index < -0.39 is 0 Å². The fourth-order valence-corrected chi connectivity index (χ4v) is 8.46. The van der Waals surface area contributed by atoms with Gasteiger partial charge in [0.15, 0.2) is 0 Å². The molecule has 10 rings (SSSR count). The predicted molar refractivity (Wildman–Crippen MR) is 225 cm³/mol. The van der Waals surface area contributed by atoms with Gasteiger partial charge in [0, 0.05) is 33.6 Å². The van der Waals surface area contributed by atoms with Crippen molar-refractivity contribution in [2.24, 2.45) is 5.92 Å². The number of anilines is 2. The number of hydrogen-bond acceptors (Lipinski definition) is 2. The Balaban J connectivity index is 1.10. The third-order valence-corrected chi connectivity index (χ3v) is 11.1. The normalized spacial score (nSPS) is 15.7. The summed E-state index contributed by atoms with van der Waals surface area (Å²) in [4.78, 5) is 2.51. The molecule has 2 heteroatoms. The van der Waals surface area contributed by atoms with Gasteiger partial charge in [-0.3, -0.25) is 0 Å². The summed E-state index contributed by atoms with van der Waals surface area (Å²) in [6.45, 7) is 2.35. The van der Waals surface area contributed by atoms with Gasteiger partial charge < -0.3 is 9.32 Å². The molecule has 1 aromatic heterocycles. The average Bonchev–Trinajstić information content (AvgIpc) is 3.61. The smallest absolute Gasteiger partial charge is 0.143 e. The number of furan rings is 1. The molecule has 9 aromatic rings. The lowest BCUT2D eigenvalue weighted by Gasteiger charge is -2.38. The van der Waals surface area contributed by atoms with Gasteiger partial charge in [-0.05, 0) is 79.7 Å². The molecule has 0 aliphatic heterocycles. The Morgan fingerprint density at radius 2 is 1.17 bits per heavy atom. The molecule has 0 spiro atoms. The average molecular weight is 680 g/mol. The number of para-hydroxylation sites is 2. The SMILES string of the molecule is CC1C(c2ccccc2)=CC=CC1N(c1ccc(-c2cccc3c2ccc2ccccc23)cc1)c1cccc(-c2cccc3c2oc2ccccc23)c1. The second-order valence-corrected chi connectivity index (χ2v) is 14.1. The lowest BCUT2D eigenvalue weighted by molar-refractivity contribution is 0.625. The molecule has 2 atom stereocenters. The van der Waals surface area contributed by atoms with Crippen molar-refractivity contribution < 1.29 is 4.42 Å². The molecule has 0 amide bonds. The highest BCUT2D eigenvalue weighted by atomic mass is 16.3. The minimum Gasteiger partial charge on any atom is -0.455 e. The predicted octanol–water partition coefficient (Wildman–Crippen LogP) is 14.0. The van der Waals surface area contributed by atoms with E-state index in [1.165, 1.54) is 43.8 Å². The van der Waals surface area contributed by atoms with E-state index in [0.29, 0.717) is 0 Å². The van der Waals surface area contributed by atoms with Crippen molar-refractivity contribution in [3.63, 3.8) is 0 Å². The Labute approximate surface area is 309 Å². The summed E-state index contributed by atoms with van der Waals surface area (Å²) in [6.07, 6.45) is 6.86. The third-order valence-electron chi connectivity index (χ3n) is 11.1. The Hall–Kier alpha value is -6.64. The van der Waals surface area contributed by atoms with E-state index in [0.717, 1.165) is 44.4 Å². The molecule has 53 heavy (non-hydrogen) atoms. The van der Waals surface area contributed by atoms with Crippen LogP contribution in [0.25, 0.3) is 71.3 Å². The molecule has 1 heterocycles. The van der Waals surface area contributed by atoms with Crippen LogP contribution in [0.5, 0.6) is 0 Å². The van der Waals surface area contributed by atoms with E-state index in [2.05, 4.69) is 200 Å². The van der Waals surface area contributed by atoms with Crippen molar-refractivity contribution in [1.82, 2.24) is 0 Å². The summed E-state index contributed by atoms with van der Waals surface area (Å²) in [5.74, 6) is 0.232. The number of rotatable bonds is 6. The maximum absolute atomic E-state index is 6.50. The zero-order valence-corrected chi connectivity index (χ0v) is 29.5. The second-order valence-electron chi connectivity index (χ2n) is 14.1. The second kappa shape index (κ2) is 12.8. The van der Waals surface area contributed by atoms with Crippen LogP contribution < -0.4 is 4.90 Å². The Morgan fingerprint density at radius 3 is 2.04 bits per heavy atom. The molecule has 0 saturated heterocycles. The van der Waals surface area contributed by atoms with Crippen molar-refractivity contribution in [3.05, 3.63) is 200 Å². The minimum absolute atomic E-state index is 0.0854. The molecule has 2 unspecified atom stereocenters. The molecule has 1 aliphatic carbocycles. The Morgan fingerprint density at radius 1 is 0.472 bits per heavy atom. The van der Waals surface area contributed by atoms with E-state index in [1.807, 2.05) is 6.07 Å². The zero-order chi connectivity index (χ0) is 35.3. The molecular weight excluding hydrogens is 643 g/mol. The van der Waals surface area contributed by atoms with Gasteiger partial charge in [0.2, 0.25) is 0 Å². The van der Waals surface area contributed by atoms with Crippen LogP contribution >= 0.6 is 0 Å². The van der Waals surface area contributed by atoms with Crippen LogP contribution in [0.3, 0.4) is 0 Å². The number of hydrogen-bond donors (Lipinski definition) is 0. The molecule has 2 nitrogen and oxygen atoms in total. The zero-order valence-electron chi connectivity index (χ0n) is 29.5. The van der Waals surface area contributed by atoms with Gasteiger partial charge in [-0.25, -0.2) is 0 Å². The lowest BCUT2D eigenvalue weighted by Crippen LogP contribution is -2.36. The van der Waals surface area contributed by atoms with Gasteiger partial charge >= 0.3 is 0 Å². The molecule has 0 saturated carbocycles. The number of benzene rings is 8. The lowest BCUT2D eigenvalue weighted by atomic mass is 9.83. The number of fused-ring (bicyclic) bond motifs is 6. The highest BCUT2D eigenvalue weighted by molar-refractivity contribution is 6.12. The van der Waals surface area contributed by atoms with Crippen LogP contribution in [0.2, 0.25) is 0 Å². The van der Waals surface area contributed by atoms with Gasteiger partial charge in [0.25, 0.3) is 0 Å². The first-order valence-electron chi connectivity index (χ1n) is 18.5. The minimum atomic E-state index is 0.0854. The van der Waals surface area contributed by atoms with Crippen molar-refractivity contribution in [1.29, 1.82) is 0 Å². The van der Waals surface area contributed by atoms with Gasteiger partial charge in [-0.2, -0.15) is 0 Å². The molecule has 252 valence electrons. The fraction of sp³-hybridized carbons (Fsp3) is 0.0588. The summed E-state index contributed by atoms with van der Waals surface area (Å²) in [5.41, 5.74) is 11.4. The maximum atomic E-state index is 6.50. The number of nitrogens with zero attached hydrogens (tertiary/aromatic N) is 1. The van der Waals surface area contributed by atoms with E-state index in [1.54, 1.807) is 0 Å². The third kappa shape index (κ3) is 5.34. The van der Waals surface area contributed by atoms with Crippen LogP contribution in [-0.2, 0) is 0 Å². The summed E-state index contributed by atoms with van der Waals surface area (Å²) >= 11 is 0. The monoisotopic (exact) mass is 679 g/mol. The molecular formula is C51H37NO. The van der Waals surface area contributed by atoms with Gasteiger partial charge in [0.05, 0.1) is 6.04 Å². The Kier molecular flexibility index (Phi) is 7.54.